The van der Waals surface area contributed by atoms with Crippen LogP contribution in [0, 0.1) is 0 Å². The van der Waals surface area contributed by atoms with Crippen molar-refractivity contribution in [2.75, 3.05) is 0 Å². The molecule has 0 aliphatic carbocycles. The van der Waals surface area contributed by atoms with E-state index in [4.69, 9.17) is 23.2 Å². The molecule has 0 aromatic heterocycles. The maximum Gasteiger partial charge on any atom is 0.242 e. The molecule has 2 aromatic carbocycles. The first kappa shape index (κ1) is 21.3. The molecule has 0 spiro atoms. The van der Waals surface area contributed by atoms with Crippen LogP contribution in [0.15, 0.2) is 48.5 Å². The van der Waals surface area contributed by atoms with Crippen LogP contribution in [0.5, 0.6) is 0 Å². The van der Waals surface area contributed by atoms with Crippen molar-refractivity contribution < 1.29 is 9.59 Å². The summed E-state index contributed by atoms with van der Waals surface area (Å²) in [7, 11) is 0. The van der Waals surface area contributed by atoms with Crippen molar-refractivity contribution >= 4 is 35.0 Å². The minimum absolute atomic E-state index is 0.0483. The van der Waals surface area contributed by atoms with Crippen LogP contribution in [0.25, 0.3) is 0 Å². The quantitative estimate of drug-likeness (QED) is 0.682. The number of hydrogen-bond acceptors (Lipinski definition) is 2. The van der Waals surface area contributed by atoms with Crippen LogP contribution in [0.4, 0.5) is 0 Å². The number of carbonyl (C=O) groups is 2. The molecule has 0 radical (unpaired) electrons. The largest absolute Gasteiger partial charge is 0.350 e. The van der Waals surface area contributed by atoms with E-state index >= 15 is 0 Å². The normalized spacial score (nSPS) is 11.7. The topological polar surface area (TPSA) is 49.4 Å². The number of benzene rings is 2. The molecule has 0 saturated heterocycles. The van der Waals surface area contributed by atoms with Gasteiger partial charge in [0.2, 0.25) is 11.8 Å². The molecule has 1 atom stereocenters. The third-order valence-corrected chi connectivity index (χ3v) is 4.93. The van der Waals surface area contributed by atoms with Gasteiger partial charge in [-0.25, -0.2) is 0 Å². The summed E-state index contributed by atoms with van der Waals surface area (Å²) in [5.74, 6) is -0.263. The summed E-state index contributed by atoms with van der Waals surface area (Å²) in [5.41, 5.74) is 1.76. The van der Waals surface area contributed by atoms with Crippen LogP contribution < -0.4 is 5.32 Å². The van der Waals surface area contributed by atoms with Crippen LogP contribution in [-0.4, -0.2) is 22.8 Å². The Kier molecular flexibility index (Phi) is 8.14. The van der Waals surface area contributed by atoms with E-state index in [9.17, 15) is 9.59 Å². The molecular formula is C21H24Cl2N2O2. The first-order valence-electron chi connectivity index (χ1n) is 8.97. The van der Waals surface area contributed by atoms with Gasteiger partial charge in [-0.2, -0.15) is 0 Å². The van der Waals surface area contributed by atoms with E-state index in [0.29, 0.717) is 29.6 Å². The molecule has 2 aromatic rings. The van der Waals surface area contributed by atoms with E-state index in [-0.39, 0.29) is 11.8 Å². The van der Waals surface area contributed by atoms with Crippen LogP contribution in [-0.2, 0) is 22.7 Å². The molecule has 2 rings (SSSR count). The summed E-state index contributed by atoms with van der Waals surface area (Å²) in [4.78, 5) is 26.8. The Bertz CT molecular complexity index is 778. The Balaban J connectivity index is 2.08. The fraction of sp³-hybridized carbons (Fsp3) is 0.333. The van der Waals surface area contributed by atoms with Gasteiger partial charge in [-0.15, -0.1) is 0 Å². The predicted molar refractivity (Wildman–Crippen MR) is 110 cm³/mol. The summed E-state index contributed by atoms with van der Waals surface area (Å²) >= 11 is 12.1. The first-order chi connectivity index (χ1) is 12.9. The highest BCUT2D eigenvalue weighted by Gasteiger charge is 2.25. The minimum atomic E-state index is -0.595. The van der Waals surface area contributed by atoms with Crippen molar-refractivity contribution in [1.82, 2.24) is 10.2 Å². The molecule has 1 N–H and O–H groups in total. The Hall–Kier alpha value is -2.04. The van der Waals surface area contributed by atoms with Crippen LogP contribution >= 0.6 is 23.2 Å². The molecule has 0 aliphatic heterocycles. The lowest BCUT2D eigenvalue weighted by Gasteiger charge is -2.29. The zero-order valence-corrected chi connectivity index (χ0v) is 17.1. The lowest BCUT2D eigenvalue weighted by molar-refractivity contribution is -0.140. The van der Waals surface area contributed by atoms with Gasteiger partial charge in [-0.05, 0) is 42.7 Å². The Morgan fingerprint density at radius 2 is 1.74 bits per heavy atom. The second-order valence-electron chi connectivity index (χ2n) is 6.38. The molecule has 0 heterocycles. The number of nitrogens with zero attached hydrogens (tertiary/aromatic N) is 1. The maximum atomic E-state index is 12.7. The molecule has 4 nitrogen and oxygen atoms in total. The first-order valence-corrected chi connectivity index (χ1v) is 9.73. The molecule has 2 amide bonds. The molecule has 0 fully saturated rings. The van der Waals surface area contributed by atoms with Gasteiger partial charge >= 0.3 is 0 Å². The van der Waals surface area contributed by atoms with Gasteiger partial charge in [0.05, 0.1) is 0 Å². The van der Waals surface area contributed by atoms with Crippen molar-refractivity contribution in [3.63, 3.8) is 0 Å². The second kappa shape index (κ2) is 10.3. The van der Waals surface area contributed by atoms with Gasteiger partial charge in [0.15, 0.2) is 0 Å². The van der Waals surface area contributed by atoms with Crippen molar-refractivity contribution in [3.05, 3.63) is 69.7 Å². The van der Waals surface area contributed by atoms with Gasteiger partial charge in [-0.1, -0.05) is 60.5 Å². The lowest BCUT2D eigenvalue weighted by Crippen LogP contribution is -2.47. The Morgan fingerprint density at radius 1 is 1.07 bits per heavy atom. The van der Waals surface area contributed by atoms with E-state index in [1.54, 1.807) is 30.0 Å². The average molecular weight is 407 g/mol. The molecule has 144 valence electrons. The summed E-state index contributed by atoms with van der Waals surface area (Å²) in [6.45, 7) is 4.36. The summed E-state index contributed by atoms with van der Waals surface area (Å²) in [5, 5.41) is 4.11. The lowest BCUT2D eigenvalue weighted by atomic mass is 10.1. The van der Waals surface area contributed by atoms with Crippen LogP contribution in [0.3, 0.4) is 0 Å². The van der Waals surface area contributed by atoms with E-state index in [0.717, 1.165) is 17.5 Å². The third kappa shape index (κ3) is 6.26. The molecular weight excluding hydrogens is 383 g/mol. The van der Waals surface area contributed by atoms with Gasteiger partial charge < -0.3 is 10.2 Å². The fourth-order valence-corrected chi connectivity index (χ4v) is 3.03. The Labute approximate surface area is 170 Å². The standard InChI is InChI=1S/C21H24Cl2N2O2/c1-3-6-20(26)25(14-16-9-11-18(22)12-10-16)15(2)21(27)24-13-17-7-4-5-8-19(17)23/h4-5,7-12,15H,3,6,13-14H2,1-2H3,(H,24,27). The van der Waals surface area contributed by atoms with Crippen LogP contribution in [0.2, 0.25) is 10.0 Å². The number of rotatable bonds is 8. The van der Waals surface area contributed by atoms with Crippen molar-refractivity contribution in [2.24, 2.45) is 0 Å². The number of halogens is 2. The van der Waals surface area contributed by atoms with E-state index in [1.807, 2.05) is 37.3 Å². The third-order valence-electron chi connectivity index (χ3n) is 4.31. The smallest absolute Gasteiger partial charge is 0.242 e. The van der Waals surface area contributed by atoms with E-state index in [1.165, 1.54) is 0 Å². The number of amides is 2. The fourth-order valence-electron chi connectivity index (χ4n) is 2.70. The zero-order valence-electron chi connectivity index (χ0n) is 15.5. The summed E-state index contributed by atoms with van der Waals surface area (Å²) in [6.07, 6.45) is 1.12. The van der Waals surface area contributed by atoms with Crippen molar-refractivity contribution in [3.8, 4) is 0 Å². The van der Waals surface area contributed by atoms with Crippen molar-refractivity contribution in [2.45, 2.75) is 45.8 Å². The number of nitrogens with one attached hydrogen (secondary N) is 1. The van der Waals surface area contributed by atoms with E-state index < -0.39 is 6.04 Å². The van der Waals surface area contributed by atoms with Gasteiger partial charge in [0, 0.05) is 29.6 Å². The summed E-state index contributed by atoms with van der Waals surface area (Å²) < 4.78 is 0. The Morgan fingerprint density at radius 3 is 2.37 bits per heavy atom. The van der Waals surface area contributed by atoms with Gasteiger partial charge in [0.1, 0.15) is 6.04 Å². The highest BCUT2D eigenvalue weighted by molar-refractivity contribution is 6.31. The monoisotopic (exact) mass is 406 g/mol. The number of hydrogen-bond donors (Lipinski definition) is 1. The highest BCUT2D eigenvalue weighted by Crippen LogP contribution is 2.16. The average Bonchev–Trinajstić information content (AvgIpc) is 2.66. The molecule has 0 bridgehead atoms. The van der Waals surface area contributed by atoms with Crippen LogP contribution in [0.1, 0.15) is 37.8 Å². The molecule has 0 saturated carbocycles. The molecule has 27 heavy (non-hydrogen) atoms. The molecule has 6 heteroatoms. The zero-order chi connectivity index (χ0) is 19.8. The second-order valence-corrected chi connectivity index (χ2v) is 7.23. The van der Waals surface area contributed by atoms with Gasteiger partial charge in [-0.3, -0.25) is 9.59 Å². The molecule has 1 unspecified atom stereocenters. The minimum Gasteiger partial charge on any atom is -0.350 e. The van der Waals surface area contributed by atoms with E-state index in [2.05, 4.69) is 5.32 Å². The molecule has 0 aliphatic rings. The van der Waals surface area contributed by atoms with Gasteiger partial charge in [0.25, 0.3) is 0 Å². The number of carbonyl (C=O) groups excluding carboxylic acids is 2. The highest BCUT2D eigenvalue weighted by atomic mass is 35.5. The maximum absolute atomic E-state index is 12.7. The predicted octanol–water partition coefficient (Wildman–Crippen LogP) is 4.83. The SMILES string of the molecule is CCCC(=O)N(Cc1ccc(Cl)cc1)C(C)C(=O)NCc1ccccc1Cl. The summed E-state index contributed by atoms with van der Waals surface area (Å²) in [6, 6.07) is 14.0. The van der Waals surface area contributed by atoms with Crippen molar-refractivity contribution in [1.29, 1.82) is 0 Å².